The van der Waals surface area contributed by atoms with Crippen LogP contribution in [0.25, 0.3) is 66.8 Å². The molecule has 392 valence electrons. The third kappa shape index (κ3) is 11.0. The Morgan fingerprint density at radius 2 is 0.469 bits per heavy atom. The lowest BCUT2D eigenvalue weighted by Gasteiger charge is -2.30. The second kappa shape index (κ2) is 22.5. The zero-order valence-corrected chi connectivity index (χ0v) is 47.1. The first-order chi connectivity index (χ1) is 39.5. The van der Waals surface area contributed by atoms with Gasteiger partial charge in [0.05, 0.1) is 11.4 Å². The fraction of sp³-hybridized carbons (Fsp3) is 0.0886. The van der Waals surface area contributed by atoms with Crippen LogP contribution in [0.4, 0.5) is 34.1 Å². The molecule has 12 aromatic rings. The van der Waals surface area contributed by atoms with Gasteiger partial charge in [0.15, 0.2) is 0 Å². The largest absolute Gasteiger partial charge is 0.310 e. The number of hydrogen-bond acceptors (Lipinski definition) is 2. The minimum Gasteiger partial charge on any atom is -0.310 e. The van der Waals surface area contributed by atoms with E-state index in [1.165, 1.54) is 77.9 Å². The van der Waals surface area contributed by atoms with Gasteiger partial charge in [0.1, 0.15) is 0 Å². The van der Waals surface area contributed by atoms with Gasteiger partial charge in [0.25, 0.3) is 0 Å². The Morgan fingerprint density at radius 3 is 0.741 bits per heavy atom. The Bertz CT molecular complexity index is 3680. The summed E-state index contributed by atoms with van der Waals surface area (Å²) in [4.78, 5) is 4.85. The molecule has 81 heavy (non-hydrogen) atoms. The molecule has 0 aromatic heterocycles. The molecular weight excluding hydrogens is 977 g/mol. The predicted octanol–water partition coefficient (Wildman–Crippen LogP) is 22.2. The number of nitrogens with zero attached hydrogens (tertiary/aromatic N) is 2. The summed E-state index contributed by atoms with van der Waals surface area (Å²) in [6.07, 6.45) is 0. The number of hydrogen-bond donors (Lipinski definition) is 0. The van der Waals surface area contributed by atoms with Gasteiger partial charge >= 0.3 is 0 Å². The highest BCUT2D eigenvalue weighted by atomic mass is 15.2. The van der Waals surface area contributed by atoms with Crippen molar-refractivity contribution in [2.24, 2.45) is 0 Å². The summed E-state index contributed by atoms with van der Waals surface area (Å²) in [5.41, 5.74) is 27.9. The minimum absolute atomic E-state index is 0.284. The Kier molecular flexibility index (Phi) is 14.5. The van der Waals surface area contributed by atoms with Gasteiger partial charge in [-0.2, -0.15) is 0 Å². The van der Waals surface area contributed by atoms with Gasteiger partial charge in [-0.05, 0) is 155 Å². The van der Waals surface area contributed by atoms with Crippen molar-refractivity contribution in [3.05, 3.63) is 325 Å². The van der Waals surface area contributed by atoms with Crippen molar-refractivity contribution in [2.45, 2.75) is 47.0 Å². The van der Waals surface area contributed by atoms with Gasteiger partial charge in [-0.15, -0.1) is 0 Å². The third-order valence-corrected chi connectivity index (χ3v) is 16.1. The van der Waals surface area contributed by atoms with Gasteiger partial charge in [0, 0.05) is 39.3 Å². The van der Waals surface area contributed by atoms with Gasteiger partial charge < -0.3 is 9.80 Å². The van der Waals surface area contributed by atoms with Crippen molar-refractivity contribution in [1.82, 2.24) is 0 Å². The van der Waals surface area contributed by atoms with E-state index in [0.717, 1.165) is 56.4 Å². The number of anilines is 6. The molecule has 0 radical (unpaired) electrons. The number of benzene rings is 12. The molecule has 0 N–H and O–H groups in total. The van der Waals surface area contributed by atoms with Crippen LogP contribution in [-0.2, 0) is 5.41 Å². The maximum absolute atomic E-state index is 2.42. The maximum atomic E-state index is 2.42. The van der Waals surface area contributed by atoms with E-state index < -0.39 is 0 Å². The molecule has 0 saturated heterocycles. The summed E-state index contributed by atoms with van der Waals surface area (Å²) in [5, 5.41) is 0. The standard InChI is InChI=1S/C79H66N2/c1-55-27-35-59(36-28-55)65-15-11-19-71(51-65)80(72-20-12-16-66(52-72)60-37-29-56(2)30-38-60)77-25-9-7-23-75(77)63-43-47-69(48-44-63)79(5,6)70-49-45-64(46-50-70)76-24-8-10-26-78(76)81(73-21-13-17-67(53-73)61-39-31-57(3)32-40-61)74-22-14-18-68(54-74)62-41-33-58(4)34-42-62/h7-54H,1-6H3. The molecule has 0 heterocycles. The van der Waals surface area contributed by atoms with Crippen molar-refractivity contribution in [3.63, 3.8) is 0 Å². The summed E-state index contributed by atoms with van der Waals surface area (Å²) < 4.78 is 0. The lowest BCUT2D eigenvalue weighted by molar-refractivity contribution is 0.641. The first kappa shape index (κ1) is 52.0. The van der Waals surface area contributed by atoms with Gasteiger partial charge in [-0.1, -0.05) is 267 Å². The number of rotatable bonds is 14. The average Bonchev–Trinajstić information content (AvgIpc) is 3.66. The third-order valence-electron chi connectivity index (χ3n) is 16.1. The normalized spacial score (nSPS) is 11.3. The van der Waals surface area contributed by atoms with Crippen LogP contribution in [0.3, 0.4) is 0 Å². The smallest absolute Gasteiger partial charge is 0.0540 e. The van der Waals surface area contributed by atoms with E-state index in [2.05, 4.69) is 343 Å². The minimum atomic E-state index is -0.284. The molecule has 0 spiro atoms. The Morgan fingerprint density at radius 1 is 0.222 bits per heavy atom. The quantitative estimate of drug-likeness (QED) is 0.107. The van der Waals surface area contributed by atoms with Gasteiger partial charge in [-0.25, -0.2) is 0 Å². The van der Waals surface area contributed by atoms with Crippen molar-refractivity contribution in [2.75, 3.05) is 9.80 Å². The molecule has 0 atom stereocenters. The van der Waals surface area contributed by atoms with E-state index in [1.54, 1.807) is 0 Å². The van der Waals surface area contributed by atoms with Crippen LogP contribution in [0.2, 0.25) is 0 Å². The highest BCUT2D eigenvalue weighted by Crippen LogP contribution is 2.46. The summed E-state index contributed by atoms with van der Waals surface area (Å²) in [6.45, 7) is 13.2. The lowest BCUT2D eigenvalue weighted by Crippen LogP contribution is -2.18. The SMILES string of the molecule is Cc1ccc(-c2cccc(N(c3cccc(-c4ccc(C)cc4)c3)c3ccccc3-c3ccc(C(C)(C)c4ccc(-c5ccccc5N(c5cccc(-c6ccc(C)cc6)c5)c5cccc(-c6ccc(C)cc6)c5)cc4)cc3)c2)cc1. The number of aryl methyl sites for hydroxylation is 4. The number of para-hydroxylation sites is 2. The Hall–Kier alpha value is -9.76. The molecule has 0 aliphatic rings. The lowest BCUT2D eigenvalue weighted by atomic mass is 9.77. The van der Waals surface area contributed by atoms with Crippen LogP contribution < -0.4 is 9.80 Å². The molecule has 2 nitrogen and oxygen atoms in total. The molecule has 0 aliphatic carbocycles. The molecule has 2 heteroatoms. The van der Waals surface area contributed by atoms with Crippen molar-refractivity contribution < 1.29 is 0 Å². The van der Waals surface area contributed by atoms with Gasteiger partial charge in [0.2, 0.25) is 0 Å². The maximum Gasteiger partial charge on any atom is 0.0540 e. The van der Waals surface area contributed by atoms with Crippen LogP contribution in [0.1, 0.15) is 47.2 Å². The molecule has 12 rings (SSSR count). The molecule has 0 aliphatic heterocycles. The van der Waals surface area contributed by atoms with Crippen LogP contribution in [0, 0.1) is 27.7 Å². The van der Waals surface area contributed by atoms with Gasteiger partial charge in [-0.3, -0.25) is 0 Å². The average molecular weight is 1040 g/mol. The molecule has 0 unspecified atom stereocenters. The molecule has 0 saturated carbocycles. The van der Waals surface area contributed by atoms with E-state index in [-0.39, 0.29) is 5.41 Å². The fourth-order valence-corrected chi connectivity index (χ4v) is 11.3. The highest BCUT2D eigenvalue weighted by Gasteiger charge is 2.26. The summed E-state index contributed by atoms with van der Waals surface area (Å²) >= 11 is 0. The van der Waals surface area contributed by atoms with E-state index in [1.807, 2.05) is 0 Å². The zero-order valence-electron chi connectivity index (χ0n) is 47.1. The second-order valence-electron chi connectivity index (χ2n) is 22.2. The van der Waals surface area contributed by atoms with Crippen LogP contribution in [0.5, 0.6) is 0 Å². The van der Waals surface area contributed by atoms with Crippen LogP contribution >= 0.6 is 0 Å². The monoisotopic (exact) mass is 1040 g/mol. The topological polar surface area (TPSA) is 6.48 Å². The Labute approximate surface area is 479 Å². The Balaban J connectivity index is 0.880. The van der Waals surface area contributed by atoms with Crippen molar-refractivity contribution in [1.29, 1.82) is 0 Å². The molecule has 12 aromatic carbocycles. The zero-order chi connectivity index (χ0) is 55.5. The van der Waals surface area contributed by atoms with E-state index in [9.17, 15) is 0 Å². The van der Waals surface area contributed by atoms with E-state index in [0.29, 0.717) is 0 Å². The van der Waals surface area contributed by atoms with Crippen molar-refractivity contribution >= 4 is 34.1 Å². The van der Waals surface area contributed by atoms with Crippen LogP contribution in [-0.4, -0.2) is 0 Å². The first-order valence-corrected chi connectivity index (χ1v) is 28.2. The van der Waals surface area contributed by atoms with E-state index >= 15 is 0 Å². The molecule has 0 bridgehead atoms. The summed E-state index contributed by atoms with van der Waals surface area (Å²) in [7, 11) is 0. The summed E-state index contributed by atoms with van der Waals surface area (Å²) in [6, 6.07) is 107. The first-order valence-electron chi connectivity index (χ1n) is 28.2. The second-order valence-corrected chi connectivity index (χ2v) is 22.2. The van der Waals surface area contributed by atoms with Crippen molar-refractivity contribution in [3.8, 4) is 66.8 Å². The highest BCUT2D eigenvalue weighted by molar-refractivity contribution is 5.92. The predicted molar refractivity (Wildman–Crippen MR) is 346 cm³/mol. The molecule has 0 fully saturated rings. The molecular formula is C79H66N2. The van der Waals surface area contributed by atoms with E-state index in [4.69, 9.17) is 0 Å². The van der Waals surface area contributed by atoms with Crippen LogP contribution in [0.15, 0.2) is 291 Å². The fourth-order valence-electron chi connectivity index (χ4n) is 11.3. The molecule has 0 amide bonds. The summed E-state index contributed by atoms with van der Waals surface area (Å²) in [5.74, 6) is 0.